The van der Waals surface area contributed by atoms with Gasteiger partial charge in [-0.3, -0.25) is 4.90 Å². The average molecular weight is 378 g/mol. The third-order valence-electron chi connectivity index (χ3n) is 4.62. The molecule has 2 heterocycles. The van der Waals surface area contributed by atoms with Crippen LogP contribution in [0.15, 0.2) is 33.7 Å². The lowest BCUT2D eigenvalue weighted by molar-refractivity contribution is 0.163. The molecule has 1 aliphatic heterocycles. The Labute approximate surface area is 155 Å². The Bertz CT molecular complexity index is 845. The molecular weight excluding hydrogens is 352 g/mol. The summed E-state index contributed by atoms with van der Waals surface area (Å²) in [6.07, 6.45) is 0. The van der Waals surface area contributed by atoms with Crippen LogP contribution >= 0.6 is 0 Å². The highest BCUT2D eigenvalue weighted by atomic mass is 32.2. The highest BCUT2D eigenvalue weighted by Gasteiger charge is 2.29. The second kappa shape index (κ2) is 7.09. The van der Waals surface area contributed by atoms with Crippen molar-refractivity contribution >= 4 is 10.0 Å². The number of nitrogens with zero attached hydrogens (tertiary/aromatic N) is 4. The summed E-state index contributed by atoms with van der Waals surface area (Å²) in [4.78, 5) is 6.68. The fourth-order valence-electron chi connectivity index (χ4n) is 3.00. The molecule has 2 aromatic rings. The number of rotatable bonds is 4. The fourth-order valence-corrected chi connectivity index (χ4v) is 4.42. The van der Waals surface area contributed by atoms with E-state index >= 15 is 0 Å². The van der Waals surface area contributed by atoms with E-state index in [2.05, 4.69) is 35.8 Å². The summed E-state index contributed by atoms with van der Waals surface area (Å²) in [5.74, 6) is 1.18. The van der Waals surface area contributed by atoms with Gasteiger partial charge in [-0.1, -0.05) is 38.1 Å². The number of sulfonamides is 1. The minimum absolute atomic E-state index is 0.00101. The van der Waals surface area contributed by atoms with Gasteiger partial charge in [-0.05, 0) is 30.0 Å². The van der Waals surface area contributed by atoms with Crippen LogP contribution in [0.25, 0.3) is 0 Å². The zero-order valence-corrected chi connectivity index (χ0v) is 16.6. The van der Waals surface area contributed by atoms with Crippen LogP contribution in [0.1, 0.15) is 38.0 Å². The Hall–Kier alpha value is -1.77. The number of hydrogen-bond donors (Lipinski definition) is 0. The lowest BCUT2D eigenvalue weighted by atomic mass is 9.87. The van der Waals surface area contributed by atoms with Gasteiger partial charge in [0, 0.05) is 26.2 Å². The Balaban J connectivity index is 1.64. The predicted octanol–water partition coefficient (Wildman–Crippen LogP) is 2.18. The second-order valence-electron chi connectivity index (χ2n) is 7.69. The summed E-state index contributed by atoms with van der Waals surface area (Å²) in [7, 11) is -3.46. The number of hydrogen-bond acceptors (Lipinski definition) is 6. The first-order valence-corrected chi connectivity index (χ1v) is 10.2. The van der Waals surface area contributed by atoms with Crippen molar-refractivity contribution in [3.05, 3.63) is 41.5 Å². The van der Waals surface area contributed by atoms with Gasteiger partial charge in [0.25, 0.3) is 0 Å². The van der Waals surface area contributed by atoms with Gasteiger partial charge in [0.1, 0.15) is 0 Å². The number of piperazine rings is 1. The van der Waals surface area contributed by atoms with Crippen LogP contribution in [0, 0.1) is 6.92 Å². The van der Waals surface area contributed by atoms with E-state index in [1.807, 2.05) is 12.1 Å². The van der Waals surface area contributed by atoms with E-state index < -0.39 is 10.0 Å². The largest absolute Gasteiger partial charge is 0.338 e. The molecule has 142 valence electrons. The van der Waals surface area contributed by atoms with Crippen molar-refractivity contribution in [3.8, 4) is 0 Å². The smallest absolute Gasteiger partial charge is 0.243 e. The van der Waals surface area contributed by atoms with E-state index in [1.165, 1.54) is 0 Å². The third-order valence-corrected chi connectivity index (χ3v) is 6.53. The number of aryl methyl sites for hydroxylation is 1. The molecule has 1 aromatic heterocycles. The third kappa shape index (κ3) is 4.13. The van der Waals surface area contributed by atoms with Crippen LogP contribution in [-0.4, -0.2) is 53.9 Å². The van der Waals surface area contributed by atoms with Gasteiger partial charge >= 0.3 is 0 Å². The highest BCUT2D eigenvalue weighted by Crippen LogP contribution is 2.25. The summed E-state index contributed by atoms with van der Waals surface area (Å²) < 4.78 is 32.5. The van der Waals surface area contributed by atoms with Crippen molar-refractivity contribution < 1.29 is 12.9 Å². The van der Waals surface area contributed by atoms with E-state index in [0.717, 1.165) is 5.56 Å². The molecule has 0 atom stereocenters. The van der Waals surface area contributed by atoms with Gasteiger partial charge in [0.05, 0.1) is 11.4 Å². The van der Waals surface area contributed by atoms with Gasteiger partial charge in [0.15, 0.2) is 5.82 Å². The molecule has 0 amide bonds. The zero-order chi connectivity index (χ0) is 18.9. The SMILES string of the molecule is Cc1noc(CN2CCN(S(=O)(=O)c3ccc(C(C)(C)C)cc3)CC2)n1. The number of benzene rings is 1. The first kappa shape index (κ1) is 19.0. The molecule has 1 aliphatic rings. The zero-order valence-electron chi connectivity index (χ0n) is 15.8. The van der Waals surface area contributed by atoms with E-state index in [1.54, 1.807) is 23.4 Å². The van der Waals surface area contributed by atoms with Crippen LogP contribution in [-0.2, 0) is 22.0 Å². The molecule has 8 heteroatoms. The second-order valence-corrected chi connectivity index (χ2v) is 9.63. The topological polar surface area (TPSA) is 79.5 Å². The molecule has 0 bridgehead atoms. The Kier molecular flexibility index (Phi) is 5.18. The van der Waals surface area contributed by atoms with E-state index in [9.17, 15) is 8.42 Å². The normalized spacial score (nSPS) is 17.5. The van der Waals surface area contributed by atoms with Gasteiger partial charge in [0.2, 0.25) is 15.9 Å². The summed E-state index contributed by atoms with van der Waals surface area (Å²) in [6.45, 7) is 10.9. The summed E-state index contributed by atoms with van der Waals surface area (Å²) in [5, 5.41) is 3.78. The van der Waals surface area contributed by atoms with Gasteiger partial charge in [-0.15, -0.1) is 0 Å². The maximum absolute atomic E-state index is 12.9. The molecule has 0 radical (unpaired) electrons. The molecule has 0 N–H and O–H groups in total. The Morgan fingerprint density at radius 1 is 1.08 bits per heavy atom. The Morgan fingerprint density at radius 2 is 1.69 bits per heavy atom. The van der Waals surface area contributed by atoms with Crippen molar-refractivity contribution in [2.24, 2.45) is 0 Å². The molecule has 1 aromatic carbocycles. The molecular formula is C18H26N4O3S. The lowest BCUT2D eigenvalue weighted by Gasteiger charge is -2.33. The Morgan fingerprint density at radius 3 is 2.19 bits per heavy atom. The van der Waals surface area contributed by atoms with Crippen molar-refractivity contribution in [2.45, 2.75) is 44.6 Å². The summed E-state index contributed by atoms with van der Waals surface area (Å²) in [5.41, 5.74) is 1.12. The van der Waals surface area contributed by atoms with Gasteiger partial charge in [-0.2, -0.15) is 9.29 Å². The summed E-state index contributed by atoms with van der Waals surface area (Å²) >= 11 is 0. The first-order chi connectivity index (χ1) is 12.2. The van der Waals surface area contributed by atoms with Crippen LogP contribution in [0.5, 0.6) is 0 Å². The van der Waals surface area contributed by atoms with Crippen molar-refractivity contribution in [1.29, 1.82) is 0 Å². The maximum Gasteiger partial charge on any atom is 0.243 e. The van der Waals surface area contributed by atoms with Crippen LogP contribution in [0.3, 0.4) is 0 Å². The van der Waals surface area contributed by atoms with E-state index in [0.29, 0.717) is 49.3 Å². The molecule has 0 aliphatic carbocycles. The van der Waals surface area contributed by atoms with Crippen LogP contribution in [0.4, 0.5) is 0 Å². The quantitative estimate of drug-likeness (QED) is 0.811. The van der Waals surface area contributed by atoms with E-state index in [4.69, 9.17) is 4.52 Å². The molecule has 7 nitrogen and oxygen atoms in total. The van der Waals surface area contributed by atoms with Gasteiger partial charge < -0.3 is 4.52 Å². The highest BCUT2D eigenvalue weighted by molar-refractivity contribution is 7.89. The molecule has 0 unspecified atom stereocenters. The van der Waals surface area contributed by atoms with Crippen LogP contribution < -0.4 is 0 Å². The fraction of sp³-hybridized carbons (Fsp3) is 0.556. The average Bonchev–Trinajstić information content (AvgIpc) is 2.99. The monoisotopic (exact) mass is 378 g/mol. The standard InChI is InChI=1S/C18H26N4O3S/c1-14-19-17(25-20-14)13-21-9-11-22(12-10-21)26(23,24)16-7-5-15(6-8-16)18(2,3)4/h5-8H,9-13H2,1-4H3. The number of aromatic nitrogens is 2. The van der Waals surface area contributed by atoms with Crippen molar-refractivity contribution in [3.63, 3.8) is 0 Å². The predicted molar refractivity (Wildman–Crippen MR) is 98.2 cm³/mol. The van der Waals surface area contributed by atoms with Crippen LogP contribution in [0.2, 0.25) is 0 Å². The molecule has 26 heavy (non-hydrogen) atoms. The molecule has 0 saturated carbocycles. The molecule has 1 fully saturated rings. The molecule has 3 rings (SSSR count). The summed E-state index contributed by atoms with van der Waals surface area (Å²) in [6, 6.07) is 7.23. The minimum atomic E-state index is -3.46. The molecule has 0 spiro atoms. The molecule has 1 saturated heterocycles. The van der Waals surface area contributed by atoms with E-state index in [-0.39, 0.29) is 5.41 Å². The maximum atomic E-state index is 12.9. The lowest BCUT2D eigenvalue weighted by Crippen LogP contribution is -2.48. The first-order valence-electron chi connectivity index (χ1n) is 8.78. The van der Waals surface area contributed by atoms with Crippen molar-refractivity contribution in [2.75, 3.05) is 26.2 Å². The van der Waals surface area contributed by atoms with Crippen molar-refractivity contribution in [1.82, 2.24) is 19.3 Å². The minimum Gasteiger partial charge on any atom is -0.338 e. The van der Waals surface area contributed by atoms with Gasteiger partial charge in [-0.25, -0.2) is 8.42 Å².